The predicted octanol–water partition coefficient (Wildman–Crippen LogP) is 2.97. The van der Waals surface area contributed by atoms with Gasteiger partial charge in [-0.05, 0) is 55.0 Å². The van der Waals surface area contributed by atoms with Crippen molar-refractivity contribution >= 4 is 29.1 Å². The van der Waals surface area contributed by atoms with E-state index < -0.39 is 0 Å². The Morgan fingerprint density at radius 2 is 1.45 bits per heavy atom. The lowest BCUT2D eigenvalue weighted by molar-refractivity contribution is -0.114. The summed E-state index contributed by atoms with van der Waals surface area (Å²) in [6, 6.07) is 13.7. The van der Waals surface area contributed by atoms with Gasteiger partial charge in [0.25, 0.3) is 11.8 Å². The standard InChI is InChI=1S/C22H28N4O3/c1-4-5-14-23-21(28)16-6-10-18(11-7-16)24-15-20(27)25-19-12-8-17(9-13-19)22(29)26(2)3/h6-13,24H,4-5,14-15H2,1-3H3,(H,23,28)(H,25,27). The zero-order valence-corrected chi connectivity index (χ0v) is 17.1. The minimum Gasteiger partial charge on any atom is -0.376 e. The van der Waals surface area contributed by atoms with E-state index in [1.807, 2.05) is 0 Å². The van der Waals surface area contributed by atoms with Crippen molar-refractivity contribution in [3.8, 4) is 0 Å². The number of nitrogens with zero attached hydrogens (tertiary/aromatic N) is 1. The molecule has 0 aromatic heterocycles. The fourth-order valence-electron chi connectivity index (χ4n) is 2.56. The maximum atomic E-state index is 12.1. The molecule has 0 spiro atoms. The fraction of sp³-hybridized carbons (Fsp3) is 0.318. The predicted molar refractivity (Wildman–Crippen MR) is 115 cm³/mol. The van der Waals surface area contributed by atoms with E-state index in [0.717, 1.165) is 18.5 Å². The Hall–Kier alpha value is -3.35. The van der Waals surface area contributed by atoms with E-state index in [4.69, 9.17) is 0 Å². The molecule has 0 aliphatic carbocycles. The molecule has 0 heterocycles. The van der Waals surface area contributed by atoms with Crippen molar-refractivity contribution in [1.82, 2.24) is 10.2 Å². The number of unbranched alkanes of at least 4 members (excludes halogenated alkanes) is 1. The first-order chi connectivity index (χ1) is 13.9. The van der Waals surface area contributed by atoms with Crippen molar-refractivity contribution in [3.05, 3.63) is 59.7 Å². The summed E-state index contributed by atoms with van der Waals surface area (Å²) >= 11 is 0. The lowest BCUT2D eigenvalue weighted by Crippen LogP contribution is -2.24. The summed E-state index contributed by atoms with van der Waals surface area (Å²) in [6.45, 7) is 2.82. The van der Waals surface area contributed by atoms with Crippen molar-refractivity contribution < 1.29 is 14.4 Å². The van der Waals surface area contributed by atoms with Crippen LogP contribution in [0.3, 0.4) is 0 Å². The smallest absolute Gasteiger partial charge is 0.253 e. The average Bonchev–Trinajstić information content (AvgIpc) is 2.72. The van der Waals surface area contributed by atoms with Gasteiger partial charge in [0.2, 0.25) is 5.91 Å². The Bertz CT molecular complexity index is 830. The number of hydrogen-bond donors (Lipinski definition) is 3. The minimum absolute atomic E-state index is 0.0838. The van der Waals surface area contributed by atoms with E-state index in [9.17, 15) is 14.4 Å². The first-order valence-corrected chi connectivity index (χ1v) is 9.64. The van der Waals surface area contributed by atoms with Gasteiger partial charge in [-0.3, -0.25) is 14.4 Å². The molecule has 0 unspecified atom stereocenters. The Labute approximate surface area is 171 Å². The van der Waals surface area contributed by atoms with Crippen molar-refractivity contribution in [3.63, 3.8) is 0 Å². The van der Waals surface area contributed by atoms with Crippen molar-refractivity contribution in [2.75, 3.05) is 37.8 Å². The number of hydrogen-bond acceptors (Lipinski definition) is 4. The lowest BCUT2D eigenvalue weighted by atomic mass is 10.2. The summed E-state index contributed by atoms with van der Waals surface area (Å²) < 4.78 is 0. The Morgan fingerprint density at radius 3 is 2.03 bits per heavy atom. The summed E-state index contributed by atoms with van der Waals surface area (Å²) in [5.41, 5.74) is 2.51. The van der Waals surface area contributed by atoms with E-state index in [-0.39, 0.29) is 24.3 Å². The third kappa shape index (κ3) is 6.95. The molecule has 0 fully saturated rings. The molecular formula is C22H28N4O3. The number of benzene rings is 2. The van der Waals surface area contributed by atoms with Gasteiger partial charge in [0, 0.05) is 43.1 Å². The molecule has 0 radical (unpaired) electrons. The van der Waals surface area contributed by atoms with Gasteiger partial charge in [-0.15, -0.1) is 0 Å². The molecule has 3 amide bonds. The summed E-state index contributed by atoms with van der Waals surface area (Å²) in [6.07, 6.45) is 1.98. The molecule has 2 aromatic rings. The van der Waals surface area contributed by atoms with Crippen LogP contribution >= 0.6 is 0 Å². The van der Waals surface area contributed by atoms with Gasteiger partial charge in [0.15, 0.2) is 0 Å². The van der Waals surface area contributed by atoms with Crippen molar-refractivity contribution in [2.24, 2.45) is 0 Å². The maximum Gasteiger partial charge on any atom is 0.253 e. The number of nitrogens with one attached hydrogen (secondary N) is 3. The first-order valence-electron chi connectivity index (χ1n) is 9.64. The van der Waals surface area contributed by atoms with E-state index in [0.29, 0.717) is 23.4 Å². The zero-order chi connectivity index (χ0) is 21.2. The normalized spacial score (nSPS) is 10.2. The van der Waals surface area contributed by atoms with Gasteiger partial charge in [-0.25, -0.2) is 0 Å². The highest BCUT2D eigenvalue weighted by atomic mass is 16.2. The van der Waals surface area contributed by atoms with Crippen LogP contribution in [0, 0.1) is 0 Å². The van der Waals surface area contributed by atoms with E-state index in [1.165, 1.54) is 4.90 Å². The molecule has 0 bridgehead atoms. The number of amides is 3. The molecule has 0 aliphatic heterocycles. The molecule has 154 valence electrons. The third-order valence-corrected chi connectivity index (χ3v) is 4.24. The Balaban J connectivity index is 1.81. The maximum absolute atomic E-state index is 12.1. The summed E-state index contributed by atoms with van der Waals surface area (Å²) in [4.78, 5) is 37.5. The van der Waals surface area contributed by atoms with Gasteiger partial charge >= 0.3 is 0 Å². The van der Waals surface area contributed by atoms with Crippen LogP contribution in [0.4, 0.5) is 11.4 Å². The fourth-order valence-corrected chi connectivity index (χ4v) is 2.56. The molecule has 0 saturated heterocycles. The van der Waals surface area contributed by atoms with Crippen LogP contribution in [0.2, 0.25) is 0 Å². The average molecular weight is 396 g/mol. The molecule has 3 N–H and O–H groups in total. The molecule has 7 nitrogen and oxygen atoms in total. The Kier molecular flexibility index (Phi) is 8.21. The molecule has 2 rings (SSSR count). The van der Waals surface area contributed by atoms with Crippen LogP contribution in [0.5, 0.6) is 0 Å². The molecule has 0 aliphatic rings. The van der Waals surface area contributed by atoms with Gasteiger partial charge in [0.05, 0.1) is 6.54 Å². The van der Waals surface area contributed by atoms with Gasteiger partial charge in [-0.1, -0.05) is 13.3 Å². The van der Waals surface area contributed by atoms with E-state index in [2.05, 4.69) is 22.9 Å². The number of rotatable bonds is 9. The van der Waals surface area contributed by atoms with Crippen LogP contribution in [0.15, 0.2) is 48.5 Å². The number of carbonyl (C=O) groups excluding carboxylic acids is 3. The quantitative estimate of drug-likeness (QED) is 0.569. The topological polar surface area (TPSA) is 90.5 Å². The second-order valence-corrected chi connectivity index (χ2v) is 6.87. The van der Waals surface area contributed by atoms with Crippen molar-refractivity contribution in [1.29, 1.82) is 0 Å². The van der Waals surface area contributed by atoms with Crippen molar-refractivity contribution in [2.45, 2.75) is 19.8 Å². The lowest BCUT2D eigenvalue weighted by Gasteiger charge is -2.11. The highest BCUT2D eigenvalue weighted by molar-refractivity contribution is 5.97. The van der Waals surface area contributed by atoms with Gasteiger partial charge in [-0.2, -0.15) is 0 Å². The van der Waals surface area contributed by atoms with Crippen LogP contribution in [-0.4, -0.2) is 49.8 Å². The molecule has 0 saturated carbocycles. The van der Waals surface area contributed by atoms with Gasteiger partial charge < -0.3 is 20.9 Å². The number of anilines is 2. The molecule has 29 heavy (non-hydrogen) atoms. The van der Waals surface area contributed by atoms with Gasteiger partial charge in [0.1, 0.15) is 0 Å². The van der Waals surface area contributed by atoms with Crippen LogP contribution < -0.4 is 16.0 Å². The largest absolute Gasteiger partial charge is 0.376 e. The van der Waals surface area contributed by atoms with E-state index >= 15 is 0 Å². The molecule has 0 atom stereocenters. The molecular weight excluding hydrogens is 368 g/mol. The molecule has 7 heteroatoms. The zero-order valence-electron chi connectivity index (χ0n) is 17.1. The number of carbonyl (C=O) groups is 3. The van der Waals surface area contributed by atoms with Crippen LogP contribution in [0.25, 0.3) is 0 Å². The highest BCUT2D eigenvalue weighted by Crippen LogP contribution is 2.12. The monoisotopic (exact) mass is 396 g/mol. The first kappa shape index (κ1) is 21.9. The summed E-state index contributed by atoms with van der Waals surface area (Å²) in [7, 11) is 3.38. The minimum atomic E-state index is -0.210. The third-order valence-electron chi connectivity index (χ3n) is 4.24. The van der Waals surface area contributed by atoms with E-state index in [1.54, 1.807) is 62.6 Å². The highest BCUT2D eigenvalue weighted by Gasteiger charge is 2.09. The van der Waals surface area contributed by atoms with Crippen LogP contribution in [0.1, 0.15) is 40.5 Å². The second-order valence-electron chi connectivity index (χ2n) is 6.87. The molecule has 2 aromatic carbocycles. The SMILES string of the molecule is CCCCNC(=O)c1ccc(NCC(=O)Nc2ccc(C(=O)N(C)C)cc2)cc1. The Morgan fingerprint density at radius 1 is 0.862 bits per heavy atom. The van der Waals surface area contributed by atoms with Crippen LogP contribution in [-0.2, 0) is 4.79 Å². The summed E-state index contributed by atoms with van der Waals surface area (Å²) in [5.74, 6) is -0.399. The second kappa shape index (κ2) is 10.8. The summed E-state index contributed by atoms with van der Waals surface area (Å²) in [5, 5.41) is 8.67.